The Balaban J connectivity index is 1.56. The summed E-state index contributed by atoms with van der Waals surface area (Å²) in [5.41, 5.74) is 24.1. The average molecular weight is 817 g/mol. The summed E-state index contributed by atoms with van der Waals surface area (Å²) in [5, 5.41) is 0. The van der Waals surface area contributed by atoms with Crippen LogP contribution in [0.15, 0.2) is 71.8 Å². The van der Waals surface area contributed by atoms with Crippen molar-refractivity contribution >= 4 is 18.1 Å². The van der Waals surface area contributed by atoms with Crippen LogP contribution in [-0.2, 0) is 20.6 Å². The van der Waals surface area contributed by atoms with Gasteiger partial charge in [-0.3, -0.25) is 0 Å². The second kappa shape index (κ2) is 14.0. The van der Waals surface area contributed by atoms with Gasteiger partial charge in [-0.2, -0.15) is 0 Å². The van der Waals surface area contributed by atoms with Crippen LogP contribution in [0.25, 0.3) is 34.4 Å². The molecule has 0 spiro atoms. The van der Waals surface area contributed by atoms with E-state index < -0.39 is 26.6 Å². The molecule has 0 nitrogen and oxygen atoms in total. The Morgan fingerprint density at radius 1 is 0.562 bits per heavy atom. The second-order valence-corrected chi connectivity index (χ2v) is 44.2. The van der Waals surface area contributed by atoms with Gasteiger partial charge in [0.15, 0.2) is 0 Å². The molecular weight excluding hydrogens is 759 g/mol. The number of fused-ring (bicyclic) bond motifs is 2. The monoisotopic (exact) mass is 817 g/mol. The zero-order chi connectivity index (χ0) is 34.6. The van der Waals surface area contributed by atoms with Crippen LogP contribution in [0.1, 0.15) is 104 Å². The van der Waals surface area contributed by atoms with Crippen molar-refractivity contribution in [2.75, 3.05) is 0 Å². The van der Waals surface area contributed by atoms with E-state index in [-0.39, 0.29) is 0 Å². The molecule has 0 bridgehead atoms. The number of benzene rings is 4. The molecular formula is C46H57HfSi. The van der Waals surface area contributed by atoms with Gasteiger partial charge in [-0.05, 0) is 0 Å². The van der Waals surface area contributed by atoms with E-state index in [0.717, 1.165) is 0 Å². The average Bonchev–Trinajstić information content (AvgIpc) is 3.54. The molecule has 249 valence electrons. The predicted octanol–water partition coefficient (Wildman–Crippen LogP) is 13.1. The van der Waals surface area contributed by atoms with Gasteiger partial charge in [0.2, 0.25) is 0 Å². The maximum atomic E-state index is 2.73. The van der Waals surface area contributed by atoms with E-state index in [2.05, 4.69) is 155 Å². The first-order valence-electron chi connectivity index (χ1n) is 18.5. The summed E-state index contributed by atoms with van der Waals surface area (Å²) in [7, 11) is 0. The summed E-state index contributed by atoms with van der Waals surface area (Å²) in [6, 6.07) is 24.3. The number of allylic oxidation sites excluding steroid dienone is 2. The van der Waals surface area contributed by atoms with Crippen LogP contribution in [0.2, 0.25) is 13.1 Å². The predicted molar refractivity (Wildman–Crippen MR) is 211 cm³/mol. The number of aryl methyl sites for hydroxylation is 4. The van der Waals surface area contributed by atoms with Gasteiger partial charge in [0.05, 0.1) is 0 Å². The summed E-state index contributed by atoms with van der Waals surface area (Å²) in [6.45, 7) is 28.9. The Bertz CT molecular complexity index is 1800. The maximum absolute atomic E-state index is 2.73. The first-order valence-corrected chi connectivity index (χ1v) is 31.7. The van der Waals surface area contributed by atoms with Crippen LogP contribution < -0.4 is 0 Å². The van der Waals surface area contributed by atoms with Crippen LogP contribution >= 0.6 is 0 Å². The first kappa shape index (κ1) is 35.3. The van der Waals surface area contributed by atoms with E-state index >= 15 is 0 Å². The van der Waals surface area contributed by atoms with Crippen LogP contribution in [0.4, 0.5) is 0 Å². The molecule has 0 N–H and O–H groups in total. The molecule has 0 saturated carbocycles. The van der Waals surface area contributed by atoms with E-state index in [1.54, 1.807) is 22.3 Å². The molecule has 48 heavy (non-hydrogen) atoms. The standard InChI is InChI=1S/2C22H25.C2H7Si.Hf/c2*1-14(2)9-18-12-19-7-6-8-20(22(19)13-18)21-11-15(3)10-16(4)17(21)5;1-3-2;/h2*6-8,10-14H,9H2,1-5H3;3H,1-2H3;. The van der Waals surface area contributed by atoms with Gasteiger partial charge >= 0.3 is 303 Å². The number of rotatable bonds is 9. The van der Waals surface area contributed by atoms with Crippen molar-refractivity contribution in [2.45, 2.75) is 103 Å². The molecule has 2 aliphatic carbocycles. The summed E-state index contributed by atoms with van der Waals surface area (Å²) < 4.78 is 1.34. The third-order valence-electron chi connectivity index (χ3n) is 11.1. The summed E-state index contributed by atoms with van der Waals surface area (Å²) in [6.07, 6.45) is 7.82. The fourth-order valence-electron chi connectivity index (χ4n) is 8.95. The molecule has 2 aliphatic rings. The molecule has 0 saturated heterocycles. The fourth-order valence-corrected chi connectivity index (χ4v) is 41.2. The second-order valence-electron chi connectivity index (χ2n) is 16.3. The van der Waals surface area contributed by atoms with Crippen LogP contribution in [0.5, 0.6) is 0 Å². The van der Waals surface area contributed by atoms with E-state index in [4.69, 9.17) is 0 Å². The molecule has 4 aromatic rings. The molecule has 0 aromatic heterocycles. The van der Waals surface area contributed by atoms with Crippen molar-refractivity contribution in [3.63, 3.8) is 0 Å². The van der Waals surface area contributed by atoms with Gasteiger partial charge in [0.25, 0.3) is 0 Å². The van der Waals surface area contributed by atoms with Crippen molar-refractivity contribution < 1.29 is 20.6 Å². The minimum atomic E-state index is -2.49. The Morgan fingerprint density at radius 3 is 1.31 bits per heavy atom. The van der Waals surface area contributed by atoms with Crippen LogP contribution in [0, 0.1) is 53.4 Å². The normalized spacial score (nSPS) is 16.9. The molecule has 0 fully saturated rings. The topological polar surface area (TPSA) is 0 Å². The molecule has 0 heterocycles. The van der Waals surface area contributed by atoms with E-state index in [9.17, 15) is 0 Å². The molecule has 6 rings (SSSR count). The minimum absolute atomic E-state index is 0.654. The SMILES string of the molecule is Cc1cc(C)c(C)c(-c2cccc3c2C=C(CC(C)C)[CH]3[Hf]([CH]2C(CC(C)C)=Cc3c(-c4cc(C)cc(C)c4C)cccc32)[SiH](C)C)c1. The van der Waals surface area contributed by atoms with Crippen molar-refractivity contribution in [3.05, 3.63) is 127 Å². The summed E-state index contributed by atoms with van der Waals surface area (Å²) >= 11 is -2.49. The van der Waals surface area contributed by atoms with Crippen LogP contribution in [-0.4, -0.2) is 5.98 Å². The fraction of sp³-hybridized carbons (Fsp3) is 0.391. The van der Waals surface area contributed by atoms with Crippen molar-refractivity contribution in [3.8, 4) is 22.3 Å². The Hall–Kier alpha value is -2.55. The van der Waals surface area contributed by atoms with Gasteiger partial charge in [-0.1, -0.05) is 0 Å². The van der Waals surface area contributed by atoms with E-state index in [1.165, 1.54) is 79.6 Å². The third kappa shape index (κ3) is 6.54. The Labute approximate surface area is 300 Å². The van der Waals surface area contributed by atoms with E-state index in [0.29, 0.717) is 19.2 Å². The molecule has 4 aromatic carbocycles. The number of hydrogen-bond donors (Lipinski definition) is 0. The summed E-state index contributed by atoms with van der Waals surface area (Å²) in [5.74, 6) is 0.331. The quantitative estimate of drug-likeness (QED) is 0.148. The van der Waals surface area contributed by atoms with Gasteiger partial charge < -0.3 is 0 Å². The molecule has 0 amide bonds. The molecule has 2 heteroatoms. The third-order valence-corrected chi connectivity index (χ3v) is 42.0. The molecule has 2 atom stereocenters. The van der Waals surface area contributed by atoms with Gasteiger partial charge in [0.1, 0.15) is 0 Å². The first-order chi connectivity index (χ1) is 22.8. The zero-order valence-electron chi connectivity index (χ0n) is 31.7. The summed E-state index contributed by atoms with van der Waals surface area (Å²) in [4.78, 5) is 0. The molecule has 0 radical (unpaired) electrons. The molecule has 2 unspecified atom stereocenters. The van der Waals surface area contributed by atoms with E-state index in [1.807, 2.05) is 0 Å². The van der Waals surface area contributed by atoms with Gasteiger partial charge in [0, 0.05) is 0 Å². The van der Waals surface area contributed by atoms with Crippen molar-refractivity contribution in [1.82, 2.24) is 0 Å². The zero-order valence-corrected chi connectivity index (χ0v) is 36.5. The van der Waals surface area contributed by atoms with Crippen molar-refractivity contribution in [1.29, 1.82) is 0 Å². The van der Waals surface area contributed by atoms with Crippen LogP contribution in [0.3, 0.4) is 0 Å². The Morgan fingerprint density at radius 2 is 0.958 bits per heavy atom. The number of hydrogen-bond acceptors (Lipinski definition) is 0. The van der Waals surface area contributed by atoms with Crippen molar-refractivity contribution in [2.24, 2.45) is 11.8 Å². The molecule has 0 aliphatic heterocycles. The van der Waals surface area contributed by atoms with Gasteiger partial charge in [-0.25, -0.2) is 0 Å². The van der Waals surface area contributed by atoms with Gasteiger partial charge in [-0.15, -0.1) is 0 Å². The Kier molecular flexibility index (Phi) is 10.3.